The molecule has 11 aromatic rings. The van der Waals surface area contributed by atoms with Crippen LogP contribution in [0.1, 0.15) is 0 Å². The van der Waals surface area contributed by atoms with E-state index in [9.17, 15) is 0 Å². The zero-order chi connectivity index (χ0) is 34.9. The van der Waals surface area contributed by atoms with Crippen LogP contribution in [-0.4, -0.2) is 14.5 Å². The summed E-state index contributed by atoms with van der Waals surface area (Å²) >= 11 is 0. The summed E-state index contributed by atoms with van der Waals surface area (Å²) in [5.41, 5.74) is 9.73. The first-order valence-corrected chi connectivity index (χ1v) is 17.8. The van der Waals surface area contributed by atoms with E-state index in [2.05, 4.69) is 179 Å². The van der Waals surface area contributed by atoms with Crippen LogP contribution in [-0.2, 0) is 0 Å². The Morgan fingerprint density at radius 3 is 1.89 bits per heavy atom. The Morgan fingerprint density at radius 1 is 0.434 bits per heavy atom. The lowest BCUT2D eigenvalue weighted by molar-refractivity contribution is 0.669. The number of nitrogens with zero attached hydrogens (tertiary/aromatic N) is 4. The molecule has 0 N–H and O–H groups in total. The number of fused-ring (bicyclic) bond motifs is 8. The first-order valence-electron chi connectivity index (χ1n) is 17.8. The van der Waals surface area contributed by atoms with E-state index < -0.39 is 0 Å². The van der Waals surface area contributed by atoms with E-state index in [0.29, 0.717) is 5.95 Å². The van der Waals surface area contributed by atoms with E-state index in [-0.39, 0.29) is 0 Å². The summed E-state index contributed by atoms with van der Waals surface area (Å²) in [5, 5.41) is 7.72. The highest BCUT2D eigenvalue weighted by Crippen LogP contribution is 2.42. The van der Waals surface area contributed by atoms with Gasteiger partial charge in [-0.1, -0.05) is 115 Å². The number of benzene rings is 8. The van der Waals surface area contributed by atoms with Gasteiger partial charge in [-0.15, -0.1) is 0 Å². The number of rotatable bonds is 5. The maximum Gasteiger partial charge on any atom is 0.235 e. The predicted molar refractivity (Wildman–Crippen MR) is 219 cm³/mol. The average molecular weight is 679 g/mol. The Balaban J connectivity index is 1.19. The van der Waals surface area contributed by atoms with Crippen molar-refractivity contribution in [2.45, 2.75) is 0 Å². The van der Waals surface area contributed by atoms with Gasteiger partial charge in [-0.2, -0.15) is 0 Å². The molecular weight excluding hydrogens is 649 g/mol. The fraction of sp³-hybridized carbons (Fsp3) is 0. The third kappa shape index (κ3) is 4.64. The van der Waals surface area contributed by atoms with Crippen molar-refractivity contribution in [3.8, 4) is 17.2 Å². The second-order valence-electron chi connectivity index (χ2n) is 13.4. The number of furan rings is 1. The van der Waals surface area contributed by atoms with Crippen molar-refractivity contribution < 1.29 is 4.42 Å². The van der Waals surface area contributed by atoms with Gasteiger partial charge in [-0.05, 0) is 77.5 Å². The quantitative estimate of drug-likeness (QED) is 0.182. The Hall–Kier alpha value is -7.24. The van der Waals surface area contributed by atoms with Crippen LogP contribution < -0.4 is 4.90 Å². The van der Waals surface area contributed by atoms with E-state index in [1.807, 2.05) is 12.1 Å². The molecule has 0 unspecified atom stereocenters. The van der Waals surface area contributed by atoms with Crippen LogP contribution in [0.3, 0.4) is 0 Å². The van der Waals surface area contributed by atoms with Crippen molar-refractivity contribution in [2.24, 2.45) is 0 Å². The molecule has 0 radical (unpaired) electrons. The van der Waals surface area contributed by atoms with Crippen molar-refractivity contribution in [1.82, 2.24) is 14.5 Å². The van der Waals surface area contributed by atoms with Crippen LogP contribution in [0.5, 0.6) is 0 Å². The molecule has 5 heteroatoms. The number of anilines is 3. The van der Waals surface area contributed by atoms with E-state index in [1.54, 1.807) is 0 Å². The van der Waals surface area contributed by atoms with Gasteiger partial charge in [0.25, 0.3) is 0 Å². The molecule has 0 amide bonds. The van der Waals surface area contributed by atoms with Gasteiger partial charge >= 0.3 is 0 Å². The summed E-state index contributed by atoms with van der Waals surface area (Å²) in [6.07, 6.45) is 0. The molecule has 0 spiro atoms. The molecule has 5 nitrogen and oxygen atoms in total. The summed E-state index contributed by atoms with van der Waals surface area (Å²) in [5.74, 6) is 0.614. The highest BCUT2D eigenvalue weighted by molar-refractivity contribution is 6.17. The van der Waals surface area contributed by atoms with Crippen molar-refractivity contribution in [1.29, 1.82) is 0 Å². The fourth-order valence-corrected chi connectivity index (χ4v) is 7.99. The Morgan fingerprint density at radius 2 is 1.09 bits per heavy atom. The molecule has 11 rings (SSSR count). The van der Waals surface area contributed by atoms with Crippen LogP contribution in [0.25, 0.3) is 82.6 Å². The van der Waals surface area contributed by atoms with Crippen LogP contribution in [0.15, 0.2) is 186 Å². The molecule has 3 heterocycles. The molecule has 0 saturated carbocycles. The molecule has 0 aliphatic carbocycles. The molecule has 0 fully saturated rings. The molecule has 0 aliphatic rings. The molecule has 3 aromatic heterocycles. The summed E-state index contributed by atoms with van der Waals surface area (Å²) in [6.45, 7) is 0. The van der Waals surface area contributed by atoms with Gasteiger partial charge < -0.3 is 9.32 Å². The predicted octanol–water partition coefficient (Wildman–Crippen LogP) is 12.9. The molecule has 0 saturated heterocycles. The van der Waals surface area contributed by atoms with Gasteiger partial charge in [0, 0.05) is 49.6 Å². The van der Waals surface area contributed by atoms with Crippen molar-refractivity contribution in [3.63, 3.8) is 0 Å². The summed E-state index contributed by atoms with van der Waals surface area (Å²) in [6, 6.07) is 63.6. The third-order valence-corrected chi connectivity index (χ3v) is 10.4. The topological polar surface area (TPSA) is 47.1 Å². The van der Waals surface area contributed by atoms with E-state index in [4.69, 9.17) is 14.4 Å². The van der Waals surface area contributed by atoms with Gasteiger partial charge in [-0.3, -0.25) is 4.57 Å². The maximum atomic E-state index is 6.51. The van der Waals surface area contributed by atoms with Crippen molar-refractivity contribution in [3.05, 3.63) is 182 Å². The maximum absolute atomic E-state index is 6.51. The first-order chi connectivity index (χ1) is 26.3. The second-order valence-corrected chi connectivity index (χ2v) is 13.4. The Kier molecular flexibility index (Phi) is 6.48. The molecule has 0 atom stereocenters. The van der Waals surface area contributed by atoms with Crippen LogP contribution in [0.4, 0.5) is 17.1 Å². The summed E-state index contributed by atoms with van der Waals surface area (Å²) in [4.78, 5) is 13.1. The summed E-state index contributed by atoms with van der Waals surface area (Å²) < 4.78 is 8.73. The van der Waals surface area contributed by atoms with Gasteiger partial charge in [0.1, 0.15) is 11.2 Å². The van der Waals surface area contributed by atoms with Crippen molar-refractivity contribution >= 4 is 82.5 Å². The van der Waals surface area contributed by atoms with Crippen molar-refractivity contribution in [2.75, 3.05) is 4.90 Å². The number of hydrogen-bond donors (Lipinski definition) is 0. The molecule has 8 aromatic carbocycles. The fourth-order valence-electron chi connectivity index (χ4n) is 7.99. The lowest BCUT2D eigenvalue weighted by atomic mass is 9.99. The Bertz CT molecular complexity index is 3140. The minimum Gasteiger partial charge on any atom is -0.456 e. The lowest BCUT2D eigenvalue weighted by Crippen LogP contribution is -2.10. The Labute approximate surface area is 304 Å². The van der Waals surface area contributed by atoms with E-state index >= 15 is 0 Å². The normalized spacial score (nSPS) is 11.8. The monoisotopic (exact) mass is 678 g/mol. The number of hydrogen-bond acceptors (Lipinski definition) is 4. The molecular formula is C48H30N4O. The van der Waals surface area contributed by atoms with Gasteiger partial charge in [-0.25, -0.2) is 9.97 Å². The first kappa shape index (κ1) is 29.5. The molecule has 53 heavy (non-hydrogen) atoms. The van der Waals surface area contributed by atoms with Crippen LogP contribution >= 0.6 is 0 Å². The summed E-state index contributed by atoms with van der Waals surface area (Å²) in [7, 11) is 0. The smallest absolute Gasteiger partial charge is 0.235 e. The minimum atomic E-state index is 0.614. The average Bonchev–Trinajstić information content (AvgIpc) is 3.75. The highest BCUT2D eigenvalue weighted by Gasteiger charge is 2.22. The molecule has 0 bridgehead atoms. The lowest BCUT2D eigenvalue weighted by Gasteiger charge is -2.25. The standard InChI is InChI=1S/C48H30N4O/c1-3-16-33(17-4-1)51(34-18-5-2-6-19-34)35-26-27-37-36-20-10-12-24-42(36)52(43(37)30-35)48-49-41-23-11-9-21-38(41)47(50-48)39-22-13-25-44-46(39)40-28-31-14-7-8-15-32(31)29-45(40)53-44/h1-30H. The van der Waals surface area contributed by atoms with E-state index in [0.717, 1.165) is 88.4 Å². The minimum absolute atomic E-state index is 0.614. The highest BCUT2D eigenvalue weighted by atomic mass is 16.3. The molecule has 248 valence electrons. The van der Waals surface area contributed by atoms with Crippen LogP contribution in [0, 0.1) is 0 Å². The van der Waals surface area contributed by atoms with Crippen LogP contribution in [0.2, 0.25) is 0 Å². The second kappa shape index (κ2) is 11.7. The van der Waals surface area contributed by atoms with Gasteiger partial charge in [0.15, 0.2) is 0 Å². The van der Waals surface area contributed by atoms with Gasteiger partial charge in [0.2, 0.25) is 5.95 Å². The number of aromatic nitrogens is 3. The zero-order valence-electron chi connectivity index (χ0n) is 28.5. The SMILES string of the molecule is c1ccc(N(c2ccccc2)c2ccc3c4ccccc4n(-c4nc(-c5cccc6oc7cc8ccccc8cc7c56)c5ccccc5n4)c3c2)cc1. The van der Waals surface area contributed by atoms with Gasteiger partial charge in [0.05, 0.1) is 22.2 Å². The largest absolute Gasteiger partial charge is 0.456 e. The van der Waals surface area contributed by atoms with E-state index in [1.165, 1.54) is 5.39 Å². The molecule has 0 aliphatic heterocycles. The third-order valence-electron chi connectivity index (χ3n) is 10.4. The number of para-hydroxylation sites is 4. The zero-order valence-corrected chi connectivity index (χ0v) is 28.5.